The largest absolute Gasteiger partial charge is 0.497 e. The van der Waals surface area contributed by atoms with Crippen LogP contribution in [0.1, 0.15) is 28.4 Å². The van der Waals surface area contributed by atoms with Gasteiger partial charge < -0.3 is 4.74 Å². The van der Waals surface area contributed by atoms with Crippen LogP contribution >= 0.6 is 0 Å². The van der Waals surface area contributed by atoms with Gasteiger partial charge in [-0.25, -0.2) is 0 Å². The van der Waals surface area contributed by atoms with Gasteiger partial charge in [0.15, 0.2) is 5.78 Å². The molecule has 0 heterocycles. The van der Waals surface area contributed by atoms with Gasteiger partial charge in [0, 0.05) is 5.56 Å². The zero-order chi connectivity index (χ0) is 13.7. The SMILES string of the molecule is COc1cccc(/C=C/c2ccc(C(C)=O)cc2)c1. The Balaban J connectivity index is 2.15. The van der Waals surface area contributed by atoms with Crippen LogP contribution in [0.5, 0.6) is 5.75 Å². The van der Waals surface area contributed by atoms with E-state index in [1.165, 1.54) is 0 Å². The van der Waals surface area contributed by atoms with Gasteiger partial charge in [-0.2, -0.15) is 0 Å². The number of methoxy groups -OCH3 is 1. The minimum Gasteiger partial charge on any atom is -0.497 e. The molecular weight excluding hydrogens is 236 g/mol. The minimum atomic E-state index is 0.0864. The van der Waals surface area contributed by atoms with E-state index in [0.29, 0.717) is 0 Å². The lowest BCUT2D eigenvalue weighted by Gasteiger charge is -2.00. The number of rotatable bonds is 4. The molecule has 19 heavy (non-hydrogen) atoms. The highest BCUT2D eigenvalue weighted by atomic mass is 16.5. The summed E-state index contributed by atoms with van der Waals surface area (Å²) in [7, 11) is 1.66. The fraction of sp³-hybridized carbons (Fsp3) is 0.118. The number of ketones is 1. The van der Waals surface area contributed by atoms with Crippen LogP contribution in [-0.4, -0.2) is 12.9 Å². The molecule has 0 aliphatic carbocycles. The number of carbonyl (C=O) groups excluding carboxylic acids is 1. The van der Waals surface area contributed by atoms with Crippen molar-refractivity contribution in [2.24, 2.45) is 0 Å². The lowest BCUT2D eigenvalue weighted by molar-refractivity contribution is 0.101. The molecule has 0 aliphatic rings. The molecule has 2 nitrogen and oxygen atoms in total. The second-order valence-electron chi connectivity index (χ2n) is 4.29. The topological polar surface area (TPSA) is 26.3 Å². The summed E-state index contributed by atoms with van der Waals surface area (Å²) < 4.78 is 5.18. The van der Waals surface area contributed by atoms with Crippen molar-refractivity contribution in [3.8, 4) is 5.75 Å². The molecular formula is C17H16O2. The molecule has 2 heteroatoms. The van der Waals surface area contributed by atoms with Crippen molar-refractivity contribution in [1.82, 2.24) is 0 Å². The van der Waals surface area contributed by atoms with Crippen LogP contribution in [0.3, 0.4) is 0 Å². The summed E-state index contributed by atoms with van der Waals surface area (Å²) in [6.45, 7) is 1.57. The lowest BCUT2D eigenvalue weighted by atomic mass is 10.1. The van der Waals surface area contributed by atoms with Crippen molar-refractivity contribution in [1.29, 1.82) is 0 Å². The van der Waals surface area contributed by atoms with E-state index in [1.54, 1.807) is 14.0 Å². The van der Waals surface area contributed by atoms with E-state index in [9.17, 15) is 4.79 Å². The van der Waals surface area contributed by atoms with E-state index in [4.69, 9.17) is 4.74 Å². The number of hydrogen-bond donors (Lipinski definition) is 0. The van der Waals surface area contributed by atoms with E-state index in [0.717, 1.165) is 22.4 Å². The van der Waals surface area contributed by atoms with E-state index in [-0.39, 0.29) is 5.78 Å². The Labute approximate surface area is 113 Å². The molecule has 0 aromatic heterocycles. The number of Topliss-reactive ketones (excluding diaryl/α,β-unsaturated/α-hetero) is 1. The van der Waals surface area contributed by atoms with Crippen LogP contribution in [0, 0.1) is 0 Å². The molecule has 0 unspecified atom stereocenters. The molecule has 2 aromatic rings. The summed E-state index contributed by atoms with van der Waals surface area (Å²) in [4.78, 5) is 11.2. The number of benzene rings is 2. The fourth-order valence-corrected chi connectivity index (χ4v) is 1.77. The van der Waals surface area contributed by atoms with Crippen molar-refractivity contribution in [3.63, 3.8) is 0 Å². The van der Waals surface area contributed by atoms with Crippen LogP contribution in [-0.2, 0) is 0 Å². The highest BCUT2D eigenvalue weighted by Gasteiger charge is 1.97. The van der Waals surface area contributed by atoms with Crippen LogP contribution in [0.15, 0.2) is 48.5 Å². The van der Waals surface area contributed by atoms with Crippen molar-refractivity contribution in [2.75, 3.05) is 7.11 Å². The van der Waals surface area contributed by atoms with Gasteiger partial charge in [-0.1, -0.05) is 48.6 Å². The third-order valence-electron chi connectivity index (χ3n) is 2.88. The summed E-state index contributed by atoms with van der Waals surface area (Å²) in [6.07, 6.45) is 4.03. The average molecular weight is 252 g/mol. The zero-order valence-corrected chi connectivity index (χ0v) is 11.1. The quantitative estimate of drug-likeness (QED) is 0.605. The molecule has 2 rings (SSSR count). The van der Waals surface area contributed by atoms with E-state index >= 15 is 0 Å². The molecule has 0 saturated carbocycles. The summed E-state index contributed by atoms with van der Waals surface area (Å²) in [5.41, 5.74) is 2.88. The van der Waals surface area contributed by atoms with E-state index < -0.39 is 0 Å². The van der Waals surface area contributed by atoms with Crippen LogP contribution in [0.2, 0.25) is 0 Å². The summed E-state index contributed by atoms with van der Waals surface area (Å²) >= 11 is 0. The van der Waals surface area contributed by atoms with Gasteiger partial charge in [0.2, 0.25) is 0 Å². The minimum absolute atomic E-state index is 0.0864. The second-order valence-corrected chi connectivity index (χ2v) is 4.29. The predicted octanol–water partition coefficient (Wildman–Crippen LogP) is 4.07. The van der Waals surface area contributed by atoms with Gasteiger partial charge in [0.25, 0.3) is 0 Å². The summed E-state index contributed by atoms with van der Waals surface area (Å²) in [5.74, 6) is 0.928. The van der Waals surface area contributed by atoms with Gasteiger partial charge in [-0.3, -0.25) is 4.79 Å². The molecule has 0 fully saturated rings. The van der Waals surface area contributed by atoms with E-state index in [2.05, 4.69) is 0 Å². The third kappa shape index (κ3) is 3.55. The first-order valence-corrected chi connectivity index (χ1v) is 6.12. The molecule has 0 amide bonds. The van der Waals surface area contributed by atoms with Gasteiger partial charge in [-0.05, 0) is 30.2 Å². The van der Waals surface area contributed by atoms with Crippen molar-refractivity contribution >= 4 is 17.9 Å². The standard InChI is InChI=1S/C17H16O2/c1-13(18)16-10-8-14(9-11-16)6-7-15-4-3-5-17(12-15)19-2/h3-12H,1-2H3/b7-6+. The monoisotopic (exact) mass is 252 g/mol. The number of carbonyl (C=O) groups is 1. The molecule has 96 valence electrons. The van der Waals surface area contributed by atoms with Crippen LogP contribution in [0.4, 0.5) is 0 Å². The molecule has 0 N–H and O–H groups in total. The van der Waals surface area contributed by atoms with Gasteiger partial charge in [-0.15, -0.1) is 0 Å². The maximum Gasteiger partial charge on any atom is 0.159 e. The van der Waals surface area contributed by atoms with E-state index in [1.807, 2.05) is 60.7 Å². The fourth-order valence-electron chi connectivity index (χ4n) is 1.77. The Morgan fingerprint density at radius 3 is 2.32 bits per heavy atom. The Kier molecular flexibility index (Phi) is 4.14. The summed E-state index contributed by atoms with van der Waals surface area (Å²) in [6, 6.07) is 15.4. The maximum atomic E-state index is 11.2. The molecule has 2 aromatic carbocycles. The van der Waals surface area contributed by atoms with Crippen molar-refractivity contribution in [3.05, 3.63) is 65.2 Å². The maximum absolute atomic E-state index is 11.2. The smallest absolute Gasteiger partial charge is 0.159 e. The second kappa shape index (κ2) is 6.01. The number of ether oxygens (including phenoxy) is 1. The molecule has 0 saturated heterocycles. The van der Waals surface area contributed by atoms with Gasteiger partial charge in [0.05, 0.1) is 7.11 Å². The lowest BCUT2D eigenvalue weighted by Crippen LogP contribution is -1.90. The zero-order valence-electron chi connectivity index (χ0n) is 11.1. The molecule has 0 atom stereocenters. The third-order valence-corrected chi connectivity index (χ3v) is 2.88. The van der Waals surface area contributed by atoms with Gasteiger partial charge in [0.1, 0.15) is 5.75 Å². The Bertz CT molecular complexity index is 595. The highest BCUT2D eigenvalue weighted by molar-refractivity contribution is 5.94. The first-order chi connectivity index (χ1) is 9.19. The first-order valence-electron chi connectivity index (χ1n) is 6.12. The van der Waals surface area contributed by atoms with Crippen LogP contribution in [0.25, 0.3) is 12.2 Å². The normalized spacial score (nSPS) is 10.6. The Morgan fingerprint density at radius 2 is 1.68 bits per heavy atom. The molecule has 0 bridgehead atoms. The molecule has 0 aliphatic heterocycles. The average Bonchev–Trinajstić information content (AvgIpc) is 2.46. The van der Waals surface area contributed by atoms with Crippen molar-refractivity contribution in [2.45, 2.75) is 6.92 Å². The summed E-state index contributed by atoms with van der Waals surface area (Å²) in [5, 5.41) is 0. The molecule has 0 radical (unpaired) electrons. The highest BCUT2D eigenvalue weighted by Crippen LogP contribution is 2.15. The molecule has 0 spiro atoms. The van der Waals surface area contributed by atoms with Crippen molar-refractivity contribution < 1.29 is 9.53 Å². The first kappa shape index (κ1) is 13.1. The Hall–Kier alpha value is -2.35. The predicted molar refractivity (Wildman–Crippen MR) is 78.4 cm³/mol. The number of hydrogen-bond acceptors (Lipinski definition) is 2. The Morgan fingerprint density at radius 1 is 1.00 bits per heavy atom. The van der Waals surface area contributed by atoms with Gasteiger partial charge >= 0.3 is 0 Å². The van der Waals surface area contributed by atoms with Crippen LogP contribution < -0.4 is 4.74 Å².